The summed E-state index contributed by atoms with van der Waals surface area (Å²) in [4.78, 5) is -0.0145. The van der Waals surface area contributed by atoms with Crippen LogP contribution in [0.5, 0.6) is 0 Å². The molecular weight excluding hydrogens is 278 g/mol. The minimum absolute atomic E-state index is 0.00780. The van der Waals surface area contributed by atoms with Crippen molar-refractivity contribution in [1.82, 2.24) is 0 Å². The first-order valence-electron chi connectivity index (χ1n) is 6.86. The highest BCUT2D eigenvalue weighted by Crippen LogP contribution is 2.22. The molecule has 0 radical (unpaired) electrons. The fourth-order valence-electron chi connectivity index (χ4n) is 2.00. The molecule has 0 heterocycles. The number of thiocarbonyl (C=S) groups is 1. The summed E-state index contributed by atoms with van der Waals surface area (Å²) in [5, 5.41) is 2.88. The van der Waals surface area contributed by atoms with Crippen LogP contribution in [0.3, 0.4) is 0 Å². The second-order valence-electron chi connectivity index (χ2n) is 5.55. The molecule has 0 aliphatic carbocycles. The van der Waals surface area contributed by atoms with Crippen molar-refractivity contribution in [2.45, 2.75) is 46.1 Å². The van der Waals surface area contributed by atoms with Gasteiger partial charge in [-0.15, -0.1) is 0 Å². The van der Waals surface area contributed by atoms with Crippen LogP contribution in [0.25, 0.3) is 0 Å². The van der Waals surface area contributed by atoms with Gasteiger partial charge in [0.2, 0.25) is 0 Å². The maximum atomic E-state index is 13.9. The van der Waals surface area contributed by atoms with Crippen molar-refractivity contribution in [2.24, 2.45) is 11.7 Å². The number of benzene rings is 1. The SMILES string of the molecule is CC(C)CCCC(C)Nc1c(F)cc(C(N)=S)cc1F. The Balaban J connectivity index is 2.70. The number of halogens is 2. The molecule has 2 nitrogen and oxygen atoms in total. The molecule has 1 unspecified atom stereocenters. The first kappa shape index (κ1) is 16.8. The van der Waals surface area contributed by atoms with Gasteiger partial charge in [0.1, 0.15) is 22.3 Å². The second-order valence-corrected chi connectivity index (χ2v) is 5.99. The van der Waals surface area contributed by atoms with Gasteiger partial charge < -0.3 is 11.1 Å². The average molecular weight is 300 g/mol. The van der Waals surface area contributed by atoms with E-state index in [2.05, 4.69) is 19.2 Å². The monoisotopic (exact) mass is 300 g/mol. The predicted octanol–water partition coefficient (Wildman–Crippen LogP) is 4.23. The summed E-state index contributed by atoms with van der Waals surface area (Å²) in [6.07, 6.45) is 3.01. The first-order chi connectivity index (χ1) is 9.31. The van der Waals surface area contributed by atoms with Gasteiger partial charge >= 0.3 is 0 Å². The smallest absolute Gasteiger partial charge is 0.150 e. The molecule has 1 rings (SSSR count). The third kappa shape index (κ3) is 5.04. The van der Waals surface area contributed by atoms with Crippen LogP contribution in [0.4, 0.5) is 14.5 Å². The van der Waals surface area contributed by atoms with Crippen LogP contribution < -0.4 is 11.1 Å². The van der Waals surface area contributed by atoms with Crippen LogP contribution in [0.1, 0.15) is 45.6 Å². The van der Waals surface area contributed by atoms with Crippen molar-refractivity contribution in [3.63, 3.8) is 0 Å². The summed E-state index contributed by atoms with van der Waals surface area (Å²) in [6, 6.07) is 2.33. The number of anilines is 1. The first-order valence-corrected chi connectivity index (χ1v) is 7.27. The molecule has 1 aromatic rings. The zero-order valence-corrected chi connectivity index (χ0v) is 13.0. The predicted molar refractivity (Wildman–Crippen MR) is 84.0 cm³/mol. The lowest BCUT2D eigenvalue weighted by Crippen LogP contribution is -2.18. The summed E-state index contributed by atoms with van der Waals surface area (Å²) in [5.74, 6) is -0.687. The van der Waals surface area contributed by atoms with Crippen LogP contribution in [-0.2, 0) is 0 Å². The molecule has 0 aliphatic rings. The van der Waals surface area contributed by atoms with Crippen molar-refractivity contribution in [3.8, 4) is 0 Å². The molecule has 0 saturated carbocycles. The fraction of sp³-hybridized carbons (Fsp3) is 0.533. The zero-order valence-electron chi connectivity index (χ0n) is 12.2. The topological polar surface area (TPSA) is 38.0 Å². The Morgan fingerprint density at radius 3 is 2.20 bits per heavy atom. The van der Waals surface area contributed by atoms with Gasteiger partial charge in [-0.2, -0.15) is 0 Å². The van der Waals surface area contributed by atoms with Crippen molar-refractivity contribution in [3.05, 3.63) is 29.3 Å². The molecule has 20 heavy (non-hydrogen) atoms. The summed E-state index contributed by atoms with van der Waals surface area (Å²) in [6.45, 7) is 6.23. The summed E-state index contributed by atoms with van der Waals surface area (Å²) < 4.78 is 27.7. The molecule has 1 atom stereocenters. The Bertz CT molecular complexity index is 452. The van der Waals surface area contributed by atoms with Gasteiger partial charge in [-0.05, 0) is 31.4 Å². The highest BCUT2D eigenvalue weighted by Gasteiger charge is 2.14. The molecule has 1 aromatic carbocycles. The molecule has 0 aliphatic heterocycles. The van der Waals surface area contributed by atoms with Gasteiger partial charge in [0.25, 0.3) is 0 Å². The van der Waals surface area contributed by atoms with E-state index in [-0.39, 0.29) is 22.3 Å². The lowest BCUT2D eigenvalue weighted by molar-refractivity contribution is 0.516. The molecule has 3 N–H and O–H groups in total. The molecule has 0 bridgehead atoms. The van der Waals surface area contributed by atoms with E-state index in [1.54, 1.807) is 0 Å². The van der Waals surface area contributed by atoms with Crippen molar-refractivity contribution in [1.29, 1.82) is 0 Å². The molecule has 5 heteroatoms. The molecule has 112 valence electrons. The molecule has 0 aromatic heterocycles. The van der Waals surface area contributed by atoms with Crippen LogP contribution in [0.15, 0.2) is 12.1 Å². The largest absolute Gasteiger partial charge is 0.389 e. The Labute approximate surface area is 124 Å². The number of hydrogen-bond donors (Lipinski definition) is 2. The summed E-state index contributed by atoms with van der Waals surface area (Å²) in [5.41, 5.74) is 5.47. The maximum absolute atomic E-state index is 13.9. The van der Waals surface area contributed by atoms with Crippen LogP contribution in [0.2, 0.25) is 0 Å². The maximum Gasteiger partial charge on any atom is 0.150 e. The molecule has 0 saturated heterocycles. The van der Waals surface area contributed by atoms with E-state index in [0.29, 0.717) is 5.92 Å². The van der Waals surface area contributed by atoms with Gasteiger partial charge in [-0.25, -0.2) is 8.78 Å². The highest BCUT2D eigenvalue weighted by molar-refractivity contribution is 7.80. The van der Waals surface area contributed by atoms with Gasteiger partial charge in [0, 0.05) is 11.6 Å². The minimum Gasteiger partial charge on any atom is -0.389 e. The van der Waals surface area contributed by atoms with Gasteiger partial charge in [-0.3, -0.25) is 0 Å². The molecule has 0 amide bonds. The van der Waals surface area contributed by atoms with E-state index < -0.39 is 11.6 Å². The van der Waals surface area contributed by atoms with E-state index in [9.17, 15) is 8.78 Å². The number of rotatable bonds is 7. The van der Waals surface area contributed by atoms with Crippen molar-refractivity contribution in [2.75, 3.05) is 5.32 Å². The normalized spacial score (nSPS) is 12.5. The molecule has 0 fully saturated rings. The van der Waals surface area contributed by atoms with Gasteiger partial charge in [-0.1, -0.05) is 38.9 Å². The number of nitrogens with two attached hydrogens (primary N) is 1. The van der Waals surface area contributed by atoms with Crippen molar-refractivity contribution < 1.29 is 8.78 Å². The Kier molecular flexibility index (Phi) is 6.33. The van der Waals surface area contributed by atoms with Crippen LogP contribution >= 0.6 is 12.2 Å². The van der Waals surface area contributed by atoms with E-state index in [1.165, 1.54) is 0 Å². The Hall–Kier alpha value is -1.23. The zero-order chi connectivity index (χ0) is 15.3. The van der Waals surface area contributed by atoms with Crippen LogP contribution in [-0.4, -0.2) is 11.0 Å². The number of hydrogen-bond acceptors (Lipinski definition) is 2. The van der Waals surface area contributed by atoms with E-state index in [0.717, 1.165) is 31.4 Å². The molecule has 0 spiro atoms. The van der Waals surface area contributed by atoms with E-state index in [4.69, 9.17) is 18.0 Å². The number of nitrogens with one attached hydrogen (secondary N) is 1. The quantitative estimate of drug-likeness (QED) is 0.740. The van der Waals surface area contributed by atoms with E-state index >= 15 is 0 Å². The molecular formula is C15H22F2N2S. The average Bonchev–Trinajstić information content (AvgIpc) is 2.32. The Morgan fingerprint density at radius 1 is 1.20 bits per heavy atom. The standard InChI is InChI=1S/C15H22F2N2S/c1-9(2)5-4-6-10(3)19-14-12(16)7-11(15(18)20)8-13(14)17/h7-10,19H,4-6H2,1-3H3,(H2,18,20). The lowest BCUT2D eigenvalue weighted by Gasteiger charge is -2.17. The van der Waals surface area contributed by atoms with Crippen molar-refractivity contribution >= 4 is 22.9 Å². The minimum atomic E-state index is -0.663. The van der Waals surface area contributed by atoms with Gasteiger partial charge in [0.05, 0.1) is 0 Å². The fourth-order valence-corrected chi connectivity index (χ4v) is 2.12. The Morgan fingerprint density at radius 2 is 1.75 bits per heavy atom. The lowest BCUT2D eigenvalue weighted by atomic mass is 10.0. The van der Waals surface area contributed by atoms with E-state index in [1.807, 2.05) is 6.92 Å². The third-order valence-electron chi connectivity index (χ3n) is 3.14. The highest BCUT2D eigenvalue weighted by atomic mass is 32.1. The van der Waals surface area contributed by atoms with Crippen LogP contribution in [0, 0.1) is 17.6 Å². The summed E-state index contributed by atoms with van der Waals surface area (Å²) in [7, 11) is 0. The third-order valence-corrected chi connectivity index (χ3v) is 3.37. The van der Waals surface area contributed by atoms with Gasteiger partial charge in [0.15, 0.2) is 0 Å². The second kappa shape index (κ2) is 7.53. The summed E-state index contributed by atoms with van der Waals surface area (Å²) >= 11 is 4.72.